The quantitative estimate of drug-likeness (QED) is 0.429. The van der Waals surface area contributed by atoms with Crippen LogP contribution in [0, 0.1) is 13.8 Å². The zero-order chi connectivity index (χ0) is 15.9. The van der Waals surface area contributed by atoms with Gasteiger partial charge in [-0.2, -0.15) is 0 Å². The summed E-state index contributed by atoms with van der Waals surface area (Å²) in [7, 11) is 1.84. The SMILES string of the molecule is CCN1CCCC1CNC(=NC)NCc1ccc(C)cc1C.I. The van der Waals surface area contributed by atoms with Crippen molar-refractivity contribution in [2.45, 2.75) is 46.2 Å². The molecular weight excluding hydrogens is 399 g/mol. The van der Waals surface area contributed by atoms with Crippen LogP contribution in [0.3, 0.4) is 0 Å². The van der Waals surface area contributed by atoms with E-state index in [0.717, 1.165) is 25.6 Å². The lowest BCUT2D eigenvalue weighted by Gasteiger charge is -2.24. The highest BCUT2D eigenvalue weighted by atomic mass is 127. The van der Waals surface area contributed by atoms with Crippen LogP contribution in [-0.4, -0.2) is 43.6 Å². The average Bonchev–Trinajstić information content (AvgIpc) is 2.96. The molecule has 0 radical (unpaired) electrons. The molecule has 0 aliphatic carbocycles. The molecule has 0 aromatic heterocycles. The standard InChI is InChI=1S/C18H30N4.HI/c1-5-22-10-6-7-17(22)13-21-18(19-4)20-12-16-9-8-14(2)11-15(16)3;/h8-9,11,17H,5-7,10,12-13H2,1-4H3,(H2,19,20,21);1H. The number of hydrogen-bond donors (Lipinski definition) is 2. The Hall–Kier alpha value is -0.820. The highest BCUT2D eigenvalue weighted by Gasteiger charge is 2.22. The summed E-state index contributed by atoms with van der Waals surface area (Å²) in [4.78, 5) is 6.88. The maximum absolute atomic E-state index is 4.34. The Kier molecular flexibility index (Phi) is 8.91. The Balaban J connectivity index is 0.00000264. The average molecular weight is 430 g/mol. The molecule has 1 aromatic carbocycles. The molecule has 0 spiro atoms. The summed E-state index contributed by atoms with van der Waals surface area (Å²) in [5.74, 6) is 0.892. The maximum Gasteiger partial charge on any atom is 0.191 e. The van der Waals surface area contributed by atoms with Crippen LogP contribution in [0.25, 0.3) is 0 Å². The number of aryl methyl sites for hydroxylation is 2. The van der Waals surface area contributed by atoms with Gasteiger partial charge in [0, 0.05) is 26.2 Å². The predicted octanol–water partition coefficient (Wildman–Crippen LogP) is 3.07. The first kappa shape index (κ1) is 20.2. The molecule has 4 nitrogen and oxygen atoms in total. The Bertz CT molecular complexity index is 516. The van der Waals surface area contributed by atoms with Gasteiger partial charge in [-0.25, -0.2) is 0 Å². The van der Waals surface area contributed by atoms with Gasteiger partial charge >= 0.3 is 0 Å². The lowest BCUT2D eigenvalue weighted by atomic mass is 10.1. The van der Waals surface area contributed by atoms with Crippen molar-refractivity contribution in [3.63, 3.8) is 0 Å². The molecule has 0 bridgehead atoms. The fraction of sp³-hybridized carbons (Fsp3) is 0.611. The maximum atomic E-state index is 4.34. The molecule has 1 unspecified atom stereocenters. The zero-order valence-electron chi connectivity index (χ0n) is 14.9. The van der Waals surface area contributed by atoms with Crippen molar-refractivity contribution in [2.24, 2.45) is 4.99 Å². The zero-order valence-corrected chi connectivity index (χ0v) is 17.2. The van der Waals surface area contributed by atoms with Gasteiger partial charge in [0.25, 0.3) is 0 Å². The molecule has 2 rings (SSSR count). The minimum absolute atomic E-state index is 0. The van der Waals surface area contributed by atoms with Gasteiger partial charge in [-0.1, -0.05) is 30.7 Å². The van der Waals surface area contributed by atoms with E-state index in [0.29, 0.717) is 6.04 Å². The van der Waals surface area contributed by atoms with Crippen LogP contribution in [0.15, 0.2) is 23.2 Å². The van der Waals surface area contributed by atoms with Crippen LogP contribution in [0.1, 0.15) is 36.5 Å². The normalized spacial score (nSPS) is 18.6. The molecule has 23 heavy (non-hydrogen) atoms. The predicted molar refractivity (Wildman–Crippen MR) is 110 cm³/mol. The van der Waals surface area contributed by atoms with Gasteiger partial charge in [0.2, 0.25) is 0 Å². The molecule has 1 fully saturated rings. The summed E-state index contributed by atoms with van der Waals surface area (Å²) in [6, 6.07) is 7.23. The summed E-state index contributed by atoms with van der Waals surface area (Å²) in [6.07, 6.45) is 2.60. The first-order chi connectivity index (χ1) is 10.6. The molecule has 1 heterocycles. The minimum Gasteiger partial charge on any atom is -0.355 e. The second-order valence-electron chi connectivity index (χ2n) is 6.16. The first-order valence-electron chi connectivity index (χ1n) is 8.38. The van der Waals surface area contributed by atoms with E-state index in [4.69, 9.17) is 0 Å². The molecule has 0 saturated carbocycles. The summed E-state index contributed by atoms with van der Waals surface area (Å²) in [5.41, 5.74) is 3.96. The second kappa shape index (κ2) is 10.1. The topological polar surface area (TPSA) is 39.7 Å². The van der Waals surface area contributed by atoms with E-state index in [-0.39, 0.29) is 24.0 Å². The van der Waals surface area contributed by atoms with E-state index in [2.05, 4.69) is 59.5 Å². The Morgan fingerprint density at radius 2 is 2.09 bits per heavy atom. The number of rotatable bonds is 5. The molecule has 1 aromatic rings. The Labute approximate surface area is 158 Å². The summed E-state index contributed by atoms with van der Waals surface area (Å²) in [6.45, 7) is 10.7. The molecular formula is C18H31IN4. The first-order valence-corrected chi connectivity index (χ1v) is 8.38. The van der Waals surface area contributed by atoms with Gasteiger partial charge < -0.3 is 10.6 Å². The number of nitrogens with one attached hydrogen (secondary N) is 2. The number of halogens is 1. The molecule has 1 saturated heterocycles. The highest BCUT2D eigenvalue weighted by Crippen LogP contribution is 2.15. The van der Waals surface area contributed by atoms with E-state index < -0.39 is 0 Å². The summed E-state index contributed by atoms with van der Waals surface area (Å²) in [5, 5.41) is 6.90. The fourth-order valence-corrected chi connectivity index (χ4v) is 3.20. The van der Waals surface area contributed by atoms with Crippen LogP contribution in [0.2, 0.25) is 0 Å². The molecule has 2 N–H and O–H groups in total. The monoisotopic (exact) mass is 430 g/mol. The van der Waals surface area contributed by atoms with Gasteiger partial charge in [-0.3, -0.25) is 9.89 Å². The summed E-state index contributed by atoms with van der Waals surface area (Å²) < 4.78 is 0. The third-order valence-corrected chi connectivity index (χ3v) is 4.58. The van der Waals surface area contributed by atoms with E-state index in [1.807, 2.05) is 7.05 Å². The van der Waals surface area contributed by atoms with E-state index >= 15 is 0 Å². The van der Waals surface area contributed by atoms with Gasteiger partial charge in [0.1, 0.15) is 0 Å². The summed E-state index contributed by atoms with van der Waals surface area (Å²) >= 11 is 0. The van der Waals surface area contributed by atoms with Gasteiger partial charge in [-0.05, 0) is 50.9 Å². The third kappa shape index (κ3) is 5.95. The lowest BCUT2D eigenvalue weighted by Crippen LogP contribution is -2.44. The van der Waals surface area contributed by atoms with E-state index in [1.165, 1.54) is 36.1 Å². The number of benzene rings is 1. The molecule has 1 aliphatic rings. The second-order valence-corrected chi connectivity index (χ2v) is 6.16. The lowest BCUT2D eigenvalue weighted by molar-refractivity contribution is 0.267. The molecule has 0 amide bonds. The number of likely N-dealkylation sites (tertiary alicyclic amines) is 1. The third-order valence-electron chi connectivity index (χ3n) is 4.58. The smallest absolute Gasteiger partial charge is 0.191 e. The van der Waals surface area contributed by atoms with E-state index in [1.54, 1.807) is 0 Å². The molecule has 1 aliphatic heterocycles. The largest absolute Gasteiger partial charge is 0.355 e. The molecule has 130 valence electrons. The number of nitrogens with zero attached hydrogens (tertiary/aromatic N) is 2. The highest BCUT2D eigenvalue weighted by molar-refractivity contribution is 14.0. The molecule has 5 heteroatoms. The van der Waals surface area contributed by atoms with Gasteiger partial charge in [0.15, 0.2) is 5.96 Å². The number of aliphatic imine (C=N–C) groups is 1. The van der Waals surface area contributed by atoms with Crippen molar-refractivity contribution >= 4 is 29.9 Å². The van der Waals surface area contributed by atoms with Crippen LogP contribution >= 0.6 is 24.0 Å². The van der Waals surface area contributed by atoms with Crippen molar-refractivity contribution < 1.29 is 0 Å². The van der Waals surface area contributed by atoms with Gasteiger partial charge in [0.05, 0.1) is 0 Å². The van der Waals surface area contributed by atoms with Crippen LogP contribution in [0.4, 0.5) is 0 Å². The number of guanidine groups is 1. The Morgan fingerprint density at radius 3 is 2.74 bits per heavy atom. The fourth-order valence-electron chi connectivity index (χ4n) is 3.20. The van der Waals surface area contributed by atoms with Crippen molar-refractivity contribution in [2.75, 3.05) is 26.7 Å². The molecule has 1 atom stereocenters. The van der Waals surface area contributed by atoms with E-state index in [9.17, 15) is 0 Å². The van der Waals surface area contributed by atoms with Crippen LogP contribution < -0.4 is 10.6 Å². The van der Waals surface area contributed by atoms with Crippen molar-refractivity contribution in [1.29, 1.82) is 0 Å². The Morgan fingerprint density at radius 1 is 1.30 bits per heavy atom. The number of likely N-dealkylation sites (N-methyl/N-ethyl adjacent to an activating group) is 1. The van der Waals surface area contributed by atoms with Gasteiger partial charge in [-0.15, -0.1) is 24.0 Å². The van der Waals surface area contributed by atoms with Crippen molar-refractivity contribution in [3.8, 4) is 0 Å². The van der Waals surface area contributed by atoms with Crippen LogP contribution in [-0.2, 0) is 6.54 Å². The van der Waals surface area contributed by atoms with Crippen LogP contribution in [0.5, 0.6) is 0 Å². The van der Waals surface area contributed by atoms with Crippen molar-refractivity contribution in [1.82, 2.24) is 15.5 Å². The minimum atomic E-state index is 0. The number of hydrogen-bond acceptors (Lipinski definition) is 2. The van der Waals surface area contributed by atoms with Crippen molar-refractivity contribution in [3.05, 3.63) is 34.9 Å².